The fourth-order valence-corrected chi connectivity index (χ4v) is 1.75. The smallest absolute Gasteiger partial charge is 0.150 e. The van der Waals surface area contributed by atoms with E-state index in [0.717, 1.165) is 30.3 Å². The van der Waals surface area contributed by atoms with E-state index in [-0.39, 0.29) is 0 Å². The maximum absolute atomic E-state index is 10.9. The number of aldehydes is 1. The molecule has 0 saturated heterocycles. The lowest BCUT2D eigenvalue weighted by Crippen LogP contribution is -2.14. The van der Waals surface area contributed by atoms with E-state index in [2.05, 4.69) is 33.8 Å². The summed E-state index contributed by atoms with van der Waals surface area (Å²) < 4.78 is 0. The van der Waals surface area contributed by atoms with Gasteiger partial charge in [-0.3, -0.25) is 4.79 Å². The monoisotopic (exact) mass is 174 g/mol. The predicted molar refractivity (Wildman–Crippen MR) is 58.8 cm³/mol. The number of hydrogen-bond donors (Lipinski definition) is 0. The summed E-state index contributed by atoms with van der Waals surface area (Å²) in [7, 11) is 2.06. The number of carbonyl (C=O) groups excluding carboxylic acids is 1. The van der Waals surface area contributed by atoms with Gasteiger partial charge in [0.15, 0.2) is 6.29 Å². The Morgan fingerprint density at radius 3 is 2.46 bits per heavy atom. The maximum Gasteiger partial charge on any atom is 0.150 e. The SMILES string of the molecule is Bc1ccc(CC)c(C=O)c1CC. The summed E-state index contributed by atoms with van der Waals surface area (Å²) in [6.45, 7) is 4.17. The predicted octanol–water partition coefficient (Wildman–Crippen LogP) is 0.882. The molecule has 0 unspecified atom stereocenters. The van der Waals surface area contributed by atoms with Crippen LogP contribution in [0.5, 0.6) is 0 Å². The summed E-state index contributed by atoms with van der Waals surface area (Å²) in [4.78, 5) is 10.9. The minimum atomic E-state index is 0.907. The van der Waals surface area contributed by atoms with Gasteiger partial charge in [-0.15, -0.1) is 0 Å². The second-order valence-corrected chi connectivity index (χ2v) is 3.26. The highest BCUT2D eigenvalue weighted by atomic mass is 16.1. The van der Waals surface area contributed by atoms with E-state index in [9.17, 15) is 4.79 Å². The Kier molecular flexibility index (Phi) is 3.29. The molecule has 0 amide bonds. The van der Waals surface area contributed by atoms with Crippen molar-refractivity contribution in [2.45, 2.75) is 26.7 Å². The van der Waals surface area contributed by atoms with Crippen LogP contribution >= 0.6 is 0 Å². The topological polar surface area (TPSA) is 17.1 Å². The Bertz CT molecular complexity index is 318. The van der Waals surface area contributed by atoms with Gasteiger partial charge in [-0.25, -0.2) is 0 Å². The van der Waals surface area contributed by atoms with E-state index in [1.165, 1.54) is 11.0 Å². The fraction of sp³-hybridized carbons (Fsp3) is 0.364. The molecule has 0 atom stereocenters. The zero-order valence-electron chi connectivity index (χ0n) is 8.55. The van der Waals surface area contributed by atoms with Crippen molar-refractivity contribution in [2.24, 2.45) is 0 Å². The number of hydrogen-bond acceptors (Lipinski definition) is 1. The molecule has 13 heavy (non-hydrogen) atoms. The molecule has 0 aromatic heterocycles. The number of aryl methyl sites for hydroxylation is 1. The first-order valence-electron chi connectivity index (χ1n) is 4.81. The van der Waals surface area contributed by atoms with Crippen LogP contribution < -0.4 is 5.46 Å². The van der Waals surface area contributed by atoms with Gasteiger partial charge in [0, 0.05) is 5.56 Å². The van der Waals surface area contributed by atoms with Crippen LogP contribution in [0.15, 0.2) is 12.1 Å². The first-order valence-corrected chi connectivity index (χ1v) is 4.81. The molecule has 0 aliphatic rings. The average Bonchev–Trinajstić information content (AvgIpc) is 2.17. The molecule has 0 fully saturated rings. The Labute approximate surface area is 80.6 Å². The molecule has 0 aliphatic heterocycles. The summed E-state index contributed by atoms with van der Waals surface area (Å²) in [5.41, 5.74) is 4.50. The van der Waals surface area contributed by atoms with Crippen LogP contribution in [-0.2, 0) is 12.8 Å². The summed E-state index contributed by atoms with van der Waals surface area (Å²) in [5.74, 6) is 0. The van der Waals surface area contributed by atoms with Gasteiger partial charge in [-0.1, -0.05) is 31.4 Å². The van der Waals surface area contributed by atoms with Crippen LogP contribution in [0.4, 0.5) is 0 Å². The maximum atomic E-state index is 10.9. The van der Waals surface area contributed by atoms with E-state index >= 15 is 0 Å². The minimum Gasteiger partial charge on any atom is -0.298 e. The van der Waals surface area contributed by atoms with Crippen molar-refractivity contribution in [1.29, 1.82) is 0 Å². The van der Waals surface area contributed by atoms with Crippen molar-refractivity contribution < 1.29 is 4.79 Å². The number of benzene rings is 1. The second-order valence-electron chi connectivity index (χ2n) is 3.26. The number of rotatable bonds is 3. The van der Waals surface area contributed by atoms with E-state index in [4.69, 9.17) is 0 Å². The van der Waals surface area contributed by atoms with Crippen LogP contribution in [0.1, 0.15) is 35.3 Å². The van der Waals surface area contributed by atoms with Gasteiger partial charge >= 0.3 is 0 Å². The standard InChI is InChI=1S/C11H15BO/c1-3-8-5-6-11(12)9(4-2)10(8)7-13/h5-7H,3-4,12H2,1-2H3. The molecule has 68 valence electrons. The average molecular weight is 174 g/mol. The summed E-state index contributed by atoms with van der Waals surface area (Å²) in [6, 6.07) is 4.16. The lowest BCUT2D eigenvalue weighted by atomic mass is 9.84. The highest BCUT2D eigenvalue weighted by molar-refractivity contribution is 6.33. The molecule has 0 saturated carbocycles. The molecule has 0 heterocycles. The normalized spacial score (nSPS) is 10.0. The summed E-state index contributed by atoms with van der Waals surface area (Å²) in [5, 5.41) is 0. The molecule has 1 aromatic rings. The quantitative estimate of drug-likeness (QED) is 0.491. The molecule has 1 nitrogen and oxygen atoms in total. The van der Waals surface area contributed by atoms with E-state index in [1.807, 2.05) is 0 Å². The molecule has 0 spiro atoms. The van der Waals surface area contributed by atoms with Crippen molar-refractivity contribution in [3.05, 3.63) is 28.8 Å². The minimum absolute atomic E-state index is 0.907. The molecule has 0 aliphatic carbocycles. The third-order valence-electron chi connectivity index (χ3n) is 2.53. The first kappa shape index (κ1) is 10.0. The third-order valence-corrected chi connectivity index (χ3v) is 2.53. The highest BCUT2D eigenvalue weighted by Gasteiger charge is 2.06. The highest BCUT2D eigenvalue weighted by Crippen LogP contribution is 2.11. The van der Waals surface area contributed by atoms with Crippen molar-refractivity contribution in [2.75, 3.05) is 0 Å². The molecule has 2 heteroatoms. The zero-order chi connectivity index (χ0) is 9.84. The van der Waals surface area contributed by atoms with Crippen LogP contribution in [0.3, 0.4) is 0 Å². The molecule has 0 bridgehead atoms. The van der Waals surface area contributed by atoms with Crippen LogP contribution in [0.2, 0.25) is 0 Å². The van der Waals surface area contributed by atoms with E-state index in [0.29, 0.717) is 0 Å². The second kappa shape index (κ2) is 4.26. The lowest BCUT2D eigenvalue weighted by Gasteiger charge is -2.10. The fourth-order valence-electron chi connectivity index (χ4n) is 1.75. The van der Waals surface area contributed by atoms with Gasteiger partial charge in [-0.2, -0.15) is 0 Å². The van der Waals surface area contributed by atoms with Crippen molar-refractivity contribution in [1.82, 2.24) is 0 Å². The van der Waals surface area contributed by atoms with Crippen molar-refractivity contribution >= 4 is 19.6 Å². The van der Waals surface area contributed by atoms with Crippen molar-refractivity contribution in [3.63, 3.8) is 0 Å². The molecular formula is C11H15BO. The summed E-state index contributed by atoms with van der Waals surface area (Å²) in [6.07, 6.45) is 2.86. The van der Waals surface area contributed by atoms with Gasteiger partial charge < -0.3 is 0 Å². The van der Waals surface area contributed by atoms with Gasteiger partial charge in [0.05, 0.1) is 0 Å². The first-order chi connectivity index (χ1) is 6.24. The van der Waals surface area contributed by atoms with Crippen LogP contribution in [0, 0.1) is 0 Å². The largest absolute Gasteiger partial charge is 0.298 e. The number of carbonyl (C=O) groups is 1. The lowest BCUT2D eigenvalue weighted by molar-refractivity contribution is 0.112. The molecule has 1 aromatic carbocycles. The third kappa shape index (κ3) is 1.82. The Hall–Kier alpha value is -1.05. The van der Waals surface area contributed by atoms with Gasteiger partial charge in [0.25, 0.3) is 0 Å². The summed E-state index contributed by atoms with van der Waals surface area (Å²) >= 11 is 0. The Morgan fingerprint density at radius 2 is 2.00 bits per heavy atom. The van der Waals surface area contributed by atoms with Gasteiger partial charge in [-0.05, 0) is 24.0 Å². The van der Waals surface area contributed by atoms with E-state index in [1.54, 1.807) is 0 Å². The van der Waals surface area contributed by atoms with Gasteiger partial charge in [0.1, 0.15) is 7.85 Å². The van der Waals surface area contributed by atoms with Crippen LogP contribution in [0.25, 0.3) is 0 Å². The molecule has 1 rings (SSSR count). The molecular weight excluding hydrogens is 159 g/mol. The van der Waals surface area contributed by atoms with Gasteiger partial charge in [0.2, 0.25) is 0 Å². The van der Waals surface area contributed by atoms with Crippen LogP contribution in [-0.4, -0.2) is 14.1 Å². The Morgan fingerprint density at radius 1 is 1.31 bits per heavy atom. The molecule has 0 N–H and O–H groups in total. The molecule has 0 radical (unpaired) electrons. The zero-order valence-corrected chi connectivity index (χ0v) is 8.55. The van der Waals surface area contributed by atoms with E-state index < -0.39 is 0 Å². The van der Waals surface area contributed by atoms with Crippen molar-refractivity contribution in [3.8, 4) is 0 Å². The Balaban J connectivity index is 3.36.